The summed E-state index contributed by atoms with van der Waals surface area (Å²) in [6.07, 6.45) is 1.49. The van der Waals surface area contributed by atoms with Crippen LogP contribution in [0.1, 0.15) is 20.8 Å². The number of aromatic nitrogens is 4. The molecule has 0 atom stereocenters. The molecule has 1 amide bonds. The molecule has 0 aliphatic rings. The summed E-state index contributed by atoms with van der Waals surface area (Å²) < 4.78 is 1.51. The van der Waals surface area contributed by atoms with Crippen LogP contribution in [0.3, 0.4) is 0 Å². The largest absolute Gasteiger partial charge is 0.347 e. The Morgan fingerprint density at radius 1 is 1.38 bits per heavy atom. The second kappa shape index (κ2) is 5.84. The standard InChI is InChI=1S/C14H13N5OS/c1-10-5-6-21-13(10)8-15-14(20)11-3-2-4-12(7-11)19-9-16-17-18-19/h2-7,9H,8H2,1H3,(H,15,20). The molecule has 0 aliphatic carbocycles. The normalized spacial score (nSPS) is 10.5. The number of benzene rings is 1. The van der Waals surface area contributed by atoms with Crippen molar-refractivity contribution in [2.45, 2.75) is 13.5 Å². The number of thiophene rings is 1. The second-order valence-electron chi connectivity index (χ2n) is 4.51. The van der Waals surface area contributed by atoms with Crippen molar-refractivity contribution in [3.05, 3.63) is 58.0 Å². The van der Waals surface area contributed by atoms with Crippen LogP contribution in [0.5, 0.6) is 0 Å². The molecule has 3 aromatic rings. The van der Waals surface area contributed by atoms with Gasteiger partial charge in [0.25, 0.3) is 5.91 Å². The number of carbonyl (C=O) groups excluding carboxylic acids is 1. The summed E-state index contributed by atoms with van der Waals surface area (Å²) in [6, 6.07) is 9.22. The summed E-state index contributed by atoms with van der Waals surface area (Å²) in [4.78, 5) is 13.4. The van der Waals surface area contributed by atoms with Crippen LogP contribution in [0.25, 0.3) is 5.69 Å². The number of carbonyl (C=O) groups is 1. The first-order valence-corrected chi connectivity index (χ1v) is 7.26. The van der Waals surface area contributed by atoms with Gasteiger partial charge in [-0.2, -0.15) is 0 Å². The van der Waals surface area contributed by atoms with Crippen LogP contribution in [0.2, 0.25) is 0 Å². The Labute approximate surface area is 125 Å². The maximum absolute atomic E-state index is 12.2. The molecule has 21 heavy (non-hydrogen) atoms. The van der Waals surface area contributed by atoms with E-state index in [-0.39, 0.29) is 5.91 Å². The van der Waals surface area contributed by atoms with Gasteiger partial charge in [-0.3, -0.25) is 4.79 Å². The molecule has 0 unspecified atom stereocenters. The minimum Gasteiger partial charge on any atom is -0.347 e. The quantitative estimate of drug-likeness (QED) is 0.799. The van der Waals surface area contributed by atoms with Gasteiger partial charge < -0.3 is 5.32 Å². The van der Waals surface area contributed by atoms with Gasteiger partial charge in [-0.1, -0.05) is 6.07 Å². The summed E-state index contributed by atoms with van der Waals surface area (Å²) in [5.41, 5.74) is 2.53. The Hall–Kier alpha value is -2.54. The Morgan fingerprint density at radius 2 is 2.29 bits per heavy atom. The molecule has 106 valence electrons. The topological polar surface area (TPSA) is 72.7 Å². The van der Waals surface area contributed by atoms with Crippen molar-refractivity contribution in [3.8, 4) is 5.69 Å². The van der Waals surface area contributed by atoms with Crippen LogP contribution in [-0.2, 0) is 6.54 Å². The molecule has 0 radical (unpaired) electrons. The maximum Gasteiger partial charge on any atom is 0.251 e. The van der Waals surface area contributed by atoms with Gasteiger partial charge in [-0.25, -0.2) is 4.68 Å². The Balaban J connectivity index is 1.73. The molecule has 3 rings (SSSR count). The van der Waals surface area contributed by atoms with E-state index < -0.39 is 0 Å². The average molecular weight is 299 g/mol. The molecule has 0 fully saturated rings. The van der Waals surface area contributed by atoms with Gasteiger partial charge in [0.2, 0.25) is 0 Å². The van der Waals surface area contributed by atoms with Crippen molar-refractivity contribution in [1.29, 1.82) is 0 Å². The lowest BCUT2D eigenvalue weighted by Gasteiger charge is -2.06. The number of hydrogen-bond donors (Lipinski definition) is 1. The summed E-state index contributed by atoms with van der Waals surface area (Å²) >= 11 is 1.64. The molecule has 0 aliphatic heterocycles. The fourth-order valence-corrected chi connectivity index (χ4v) is 2.76. The van der Waals surface area contributed by atoms with E-state index in [0.717, 1.165) is 5.69 Å². The number of rotatable bonds is 4. The molecular weight excluding hydrogens is 286 g/mol. The van der Waals surface area contributed by atoms with E-state index in [2.05, 4.69) is 20.8 Å². The Kier molecular flexibility index (Phi) is 3.74. The van der Waals surface area contributed by atoms with Gasteiger partial charge in [-0.05, 0) is 52.6 Å². The van der Waals surface area contributed by atoms with Crippen LogP contribution in [0.15, 0.2) is 42.0 Å². The number of aryl methyl sites for hydroxylation is 1. The molecule has 6 nitrogen and oxygen atoms in total. The SMILES string of the molecule is Cc1ccsc1CNC(=O)c1cccc(-n2cnnn2)c1. The zero-order valence-electron chi connectivity index (χ0n) is 11.4. The third-order valence-electron chi connectivity index (χ3n) is 3.10. The minimum atomic E-state index is -0.113. The lowest BCUT2D eigenvalue weighted by atomic mass is 10.2. The maximum atomic E-state index is 12.2. The van der Waals surface area contributed by atoms with E-state index in [1.807, 2.05) is 30.5 Å². The molecule has 2 heterocycles. The van der Waals surface area contributed by atoms with E-state index in [9.17, 15) is 4.79 Å². The number of amides is 1. The van der Waals surface area contributed by atoms with Crippen molar-refractivity contribution in [3.63, 3.8) is 0 Å². The molecule has 0 saturated heterocycles. The first-order valence-electron chi connectivity index (χ1n) is 6.38. The fraction of sp³-hybridized carbons (Fsp3) is 0.143. The van der Waals surface area contributed by atoms with Crippen molar-refractivity contribution in [2.24, 2.45) is 0 Å². The van der Waals surface area contributed by atoms with Gasteiger partial charge in [0.1, 0.15) is 6.33 Å². The van der Waals surface area contributed by atoms with Crippen LogP contribution in [0, 0.1) is 6.92 Å². The van der Waals surface area contributed by atoms with Gasteiger partial charge in [0, 0.05) is 10.4 Å². The highest BCUT2D eigenvalue weighted by atomic mass is 32.1. The monoisotopic (exact) mass is 299 g/mol. The van der Waals surface area contributed by atoms with Gasteiger partial charge in [0.05, 0.1) is 12.2 Å². The predicted octanol–water partition coefficient (Wildman–Crippen LogP) is 1.96. The van der Waals surface area contributed by atoms with Crippen molar-refractivity contribution in [1.82, 2.24) is 25.5 Å². The second-order valence-corrected chi connectivity index (χ2v) is 5.51. The summed E-state index contributed by atoms with van der Waals surface area (Å²) in [5.74, 6) is -0.113. The smallest absolute Gasteiger partial charge is 0.251 e. The predicted molar refractivity (Wildman–Crippen MR) is 79.4 cm³/mol. The molecule has 1 aromatic carbocycles. The van der Waals surface area contributed by atoms with E-state index in [1.54, 1.807) is 23.5 Å². The zero-order valence-corrected chi connectivity index (χ0v) is 12.2. The van der Waals surface area contributed by atoms with Crippen LogP contribution in [-0.4, -0.2) is 26.1 Å². The molecule has 7 heteroatoms. The van der Waals surface area contributed by atoms with Gasteiger partial charge in [0.15, 0.2) is 0 Å². The highest BCUT2D eigenvalue weighted by Crippen LogP contribution is 2.15. The highest BCUT2D eigenvalue weighted by molar-refractivity contribution is 7.10. The lowest BCUT2D eigenvalue weighted by Crippen LogP contribution is -2.22. The van der Waals surface area contributed by atoms with Gasteiger partial charge in [-0.15, -0.1) is 16.4 Å². The fourth-order valence-electron chi connectivity index (χ4n) is 1.92. The van der Waals surface area contributed by atoms with E-state index >= 15 is 0 Å². The number of nitrogens with one attached hydrogen (secondary N) is 1. The summed E-state index contributed by atoms with van der Waals surface area (Å²) in [5, 5.41) is 15.9. The highest BCUT2D eigenvalue weighted by Gasteiger charge is 2.08. The molecule has 0 saturated carbocycles. The van der Waals surface area contributed by atoms with Crippen LogP contribution in [0.4, 0.5) is 0 Å². The number of hydrogen-bond acceptors (Lipinski definition) is 5. The summed E-state index contributed by atoms with van der Waals surface area (Å²) in [6.45, 7) is 2.58. The molecule has 1 N–H and O–H groups in total. The molecule has 0 spiro atoms. The van der Waals surface area contributed by atoms with Crippen LogP contribution >= 0.6 is 11.3 Å². The average Bonchev–Trinajstić information content (AvgIpc) is 3.16. The minimum absolute atomic E-state index is 0.113. The summed E-state index contributed by atoms with van der Waals surface area (Å²) in [7, 11) is 0. The van der Waals surface area contributed by atoms with E-state index in [4.69, 9.17) is 0 Å². The van der Waals surface area contributed by atoms with Crippen molar-refractivity contribution in [2.75, 3.05) is 0 Å². The van der Waals surface area contributed by atoms with Crippen molar-refractivity contribution >= 4 is 17.2 Å². The molecule has 0 bridgehead atoms. The van der Waals surface area contributed by atoms with Crippen molar-refractivity contribution < 1.29 is 4.79 Å². The first-order chi connectivity index (χ1) is 10.2. The Bertz CT molecular complexity index is 750. The third-order valence-corrected chi connectivity index (χ3v) is 4.12. The number of tetrazole rings is 1. The molecule has 2 aromatic heterocycles. The van der Waals surface area contributed by atoms with Gasteiger partial charge >= 0.3 is 0 Å². The first kappa shape index (κ1) is 13.4. The van der Waals surface area contributed by atoms with E-state index in [0.29, 0.717) is 12.1 Å². The number of nitrogens with zero attached hydrogens (tertiary/aromatic N) is 4. The lowest BCUT2D eigenvalue weighted by molar-refractivity contribution is 0.0951. The van der Waals surface area contributed by atoms with Crippen LogP contribution < -0.4 is 5.32 Å². The third kappa shape index (κ3) is 2.97. The Morgan fingerprint density at radius 3 is 3.00 bits per heavy atom. The van der Waals surface area contributed by atoms with E-state index in [1.165, 1.54) is 21.4 Å². The zero-order chi connectivity index (χ0) is 14.7. The molecular formula is C14H13N5OS.